The molecule has 1 saturated carbocycles. The third-order valence-electron chi connectivity index (χ3n) is 6.80. The molecular formula is C20H26O5. The average molecular weight is 346 g/mol. The van der Waals surface area contributed by atoms with E-state index in [-0.39, 0.29) is 11.3 Å². The molecule has 0 radical (unpaired) electrons. The summed E-state index contributed by atoms with van der Waals surface area (Å²) in [5.41, 5.74) is 0.467. The van der Waals surface area contributed by atoms with Crippen LogP contribution in [0.4, 0.5) is 0 Å². The fourth-order valence-corrected chi connectivity index (χ4v) is 4.99. The molecule has 0 aromatic heterocycles. The first-order valence-electron chi connectivity index (χ1n) is 8.90. The predicted octanol–water partition coefficient (Wildman–Crippen LogP) is 3.21. The molecule has 1 fully saturated rings. The topological polar surface area (TPSA) is 83.8 Å². The van der Waals surface area contributed by atoms with Crippen LogP contribution in [-0.2, 0) is 14.3 Å². The zero-order valence-corrected chi connectivity index (χ0v) is 15.0. The van der Waals surface area contributed by atoms with Gasteiger partial charge in [0.05, 0.1) is 0 Å². The van der Waals surface area contributed by atoms with E-state index in [0.717, 1.165) is 19.3 Å². The highest BCUT2D eigenvalue weighted by Gasteiger charge is 2.54. The van der Waals surface area contributed by atoms with Crippen molar-refractivity contribution in [3.8, 4) is 0 Å². The summed E-state index contributed by atoms with van der Waals surface area (Å²) in [4.78, 5) is 23.5. The van der Waals surface area contributed by atoms with Gasteiger partial charge in [-0.05, 0) is 49.0 Å². The number of rotatable bonds is 4. The van der Waals surface area contributed by atoms with Gasteiger partial charge in [0.15, 0.2) is 0 Å². The van der Waals surface area contributed by atoms with Crippen molar-refractivity contribution in [2.24, 2.45) is 22.7 Å². The predicted molar refractivity (Wildman–Crippen MR) is 92.4 cm³/mol. The second-order valence-corrected chi connectivity index (χ2v) is 8.10. The van der Waals surface area contributed by atoms with Gasteiger partial charge in [0.1, 0.15) is 0 Å². The first-order chi connectivity index (χ1) is 11.7. The molecule has 5 atom stereocenters. The van der Waals surface area contributed by atoms with Gasteiger partial charge >= 0.3 is 11.9 Å². The summed E-state index contributed by atoms with van der Waals surface area (Å²) >= 11 is 0. The van der Waals surface area contributed by atoms with Crippen molar-refractivity contribution in [2.75, 3.05) is 0 Å². The van der Waals surface area contributed by atoms with Gasteiger partial charge < -0.3 is 14.9 Å². The Bertz CT molecular complexity index is 688. The second kappa shape index (κ2) is 6.13. The summed E-state index contributed by atoms with van der Waals surface area (Å²) in [5.74, 6) is -0.791. The fraction of sp³-hybridized carbons (Fsp3) is 0.600. The normalized spacial score (nSPS) is 40.2. The lowest BCUT2D eigenvalue weighted by Crippen LogP contribution is -2.49. The number of allylic oxidation sites excluding steroid dienone is 3. The summed E-state index contributed by atoms with van der Waals surface area (Å²) in [7, 11) is 0. The highest BCUT2D eigenvalue weighted by atomic mass is 16.6. The van der Waals surface area contributed by atoms with Crippen molar-refractivity contribution in [3.05, 3.63) is 35.5 Å². The molecule has 5 heteroatoms. The number of carbonyl (C=O) groups excluding carboxylic acids is 1. The molecule has 2 N–H and O–H groups in total. The lowest BCUT2D eigenvalue weighted by molar-refractivity contribution is -0.151. The highest BCUT2D eigenvalue weighted by Crippen LogP contribution is 2.60. The summed E-state index contributed by atoms with van der Waals surface area (Å²) in [6.07, 6.45) is 9.13. The number of cyclic esters (lactones) is 1. The van der Waals surface area contributed by atoms with Crippen LogP contribution < -0.4 is 0 Å². The molecule has 1 heterocycles. The van der Waals surface area contributed by atoms with Crippen LogP contribution in [0.15, 0.2) is 35.5 Å². The maximum absolute atomic E-state index is 11.8. The SMILES string of the molecule is C[C@H]1CC[C@@]2(C)C(C(=O)O)=CC=C[C@H]2[C@]1(C)CCC1=C[C@H](O)OC1=O. The van der Waals surface area contributed by atoms with Crippen LogP contribution in [0.5, 0.6) is 0 Å². The summed E-state index contributed by atoms with van der Waals surface area (Å²) in [6.45, 7) is 6.46. The molecule has 0 unspecified atom stereocenters. The smallest absolute Gasteiger partial charge is 0.336 e. The van der Waals surface area contributed by atoms with Gasteiger partial charge in [-0.3, -0.25) is 0 Å². The van der Waals surface area contributed by atoms with Gasteiger partial charge in [-0.1, -0.05) is 39.0 Å². The summed E-state index contributed by atoms with van der Waals surface area (Å²) in [6, 6.07) is 0. The molecular weight excluding hydrogens is 320 g/mol. The zero-order chi connectivity index (χ0) is 18.4. The van der Waals surface area contributed by atoms with Crippen molar-refractivity contribution >= 4 is 11.9 Å². The molecule has 1 aliphatic heterocycles. The molecule has 0 aromatic carbocycles. The monoisotopic (exact) mass is 346 g/mol. The Morgan fingerprint density at radius 1 is 1.40 bits per heavy atom. The zero-order valence-electron chi connectivity index (χ0n) is 15.0. The van der Waals surface area contributed by atoms with E-state index in [1.54, 1.807) is 6.08 Å². The van der Waals surface area contributed by atoms with Gasteiger partial charge in [0.25, 0.3) is 0 Å². The number of carboxylic acids is 1. The molecule has 25 heavy (non-hydrogen) atoms. The van der Waals surface area contributed by atoms with Crippen molar-refractivity contribution < 1.29 is 24.5 Å². The molecule has 136 valence electrons. The van der Waals surface area contributed by atoms with Crippen LogP contribution in [-0.4, -0.2) is 28.4 Å². The second-order valence-electron chi connectivity index (χ2n) is 8.10. The number of carbonyl (C=O) groups is 2. The number of aliphatic hydroxyl groups excluding tert-OH is 1. The Morgan fingerprint density at radius 3 is 2.72 bits per heavy atom. The number of aliphatic carboxylic acids is 1. The van der Waals surface area contributed by atoms with Crippen molar-refractivity contribution in [1.82, 2.24) is 0 Å². The third-order valence-corrected chi connectivity index (χ3v) is 6.80. The Hall–Kier alpha value is -1.88. The summed E-state index contributed by atoms with van der Waals surface area (Å²) < 4.78 is 4.77. The molecule has 2 aliphatic carbocycles. The van der Waals surface area contributed by atoms with E-state index in [2.05, 4.69) is 26.8 Å². The first-order valence-corrected chi connectivity index (χ1v) is 8.90. The maximum Gasteiger partial charge on any atom is 0.336 e. The molecule has 0 bridgehead atoms. The van der Waals surface area contributed by atoms with E-state index in [1.165, 1.54) is 6.08 Å². The van der Waals surface area contributed by atoms with Gasteiger partial charge in [-0.15, -0.1) is 0 Å². The Morgan fingerprint density at radius 2 is 2.12 bits per heavy atom. The number of ether oxygens (including phenoxy) is 1. The minimum absolute atomic E-state index is 0.0998. The molecule has 0 aromatic rings. The maximum atomic E-state index is 11.8. The van der Waals surface area contributed by atoms with E-state index < -0.39 is 23.6 Å². The number of hydrogen-bond acceptors (Lipinski definition) is 4. The Labute approximate surface area is 148 Å². The van der Waals surface area contributed by atoms with Gasteiger partial charge in [-0.2, -0.15) is 0 Å². The Balaban J connectivity index is 1.87. The molecule has 0 spiro atoms. The molecule has 3 aliphatic rings. The lowest BCUT2D eigenvalue weighted by Gasteiger charge is -2.56. The average Bonchev–Trinajstić information content (AvgIpc) is 2.87. The van der Waals surface area contributed by atoms with Crippen LogP contribution >= 0.6 is 0 Å². The van der Waals surface area contributed by atoms with E-state index >= 15 is 0 Å². The largest absolute Gasteiger partial charge is 0.478 e. The highest BCUT2D eigenvalue weighted by molar-refractivity contribution is 5.90. The first kappa shape index (κ1) is 17.9. The lowest BCUT2D eigenvalue weighted by atomic mass is 9.48. The molecule has 0 saturated heterocycles. The van der Waals surface area contributed by atoms with Crippen molar-refractivity contribution in [1.29, 1.82) is 0 Å². The number of hydrogen-bond donors (Lipinski definition) is 2. The van der Waals surface area contributed by atoms with E-state index in [0.29, 0.717) is 23.5 Å². The van der Waals surface area contributed by atoms with E-state index in [4.69, 9.17) is 4.74 Å². The number of fused-ring (bicyclic) bond motifs is 1. The molecule has 5 nitrogen and oxygen atoms in total. The van der Waals surface area contributed by atoms with Crippen LogP contribution in [0, 0.1) is 22.7 Å². The van der Waals surface area contributed by atoms with Crippen LogP contribution in [0.2, 0.25) is 0 Å². The molecule has 0 amide bonds. The fourth-order valence-electron chi connectivity index (χ4n) is 4.99. The van der Waals surface area contributed by atoms with Gasteiger partial charge in [0, 0.05) is 16.6 Å². The minimum Gasteiger partial charge on any atom is -0.478 e. The van der Waals surface area contributed by atoms with Crippen molar-refractivity contribution in [3.63, 3.8) is 0 Å². The van der Waals surface area contributed by atoms with Gasteiger partial charge in [-0.25, -0.2) is 9.59 Å². The Kier molecular flexibility index (Phi) is 4.40. The number of aliphatic hydroxyl groups is 1. The number of carboxylic acid groups (broad SMARTS) is 1. The molecule has 3 rings (SSSR count). The quantitative estimate of drug-likeness (QED) is 0.764. The van der Waals surface area contributed by atoms with Crippen LogP contribution in [0.25, 0.3) is 0 Å². The summed E-state index contributed by atoms with van der Waals surface area (Å²) in [5, 5.41) is 19.1. The van der Waals surface area contributed by atoms with E-state index in [9.17, 15) is 19.8 Å². The minimum atomic E-state index is -1.14. The van der Waals surface area contributed by atoms with Gasteiger partial charge in [0.2, 0.25) is 6.29 Å². The van der Waals surface area contributed by atoms with Crippen LogP contribution in [0.1, 0.15) is 46.5 Å². The standard InChI is InChI=1S/C20H26O5/c1-12-7-9-20(3)14(17(22)23)5-4-6-15(20)19(12,2)10-8-13-11-16(21)25-18(13)24/h4-6,11-12,15-16,21H,7-10H2,1-3H3,(H,22,23)/t12-,15-,16+,19+,20-/m0/s1. The number of esters is 1. The van der Waals surface area contributed by atoms with E-state index in [1.807, 2.05) is 6.08 Å². The third kappa shape index (κ3) is 2.84. The van der Waals surface area contributed by atoms with Crippen LogP contribution in [0.3, 0.4) is 0 Å². The van der Waals surface area contributed by atoms with Crippen molar-refractivity contribution in [2.45, 2.75) is 52.7 Å².